The van der Waals surface area contributed by atoms with Gasteiger partial charge in [-0.15, -0.1) is 0 Å². The summed E-state index contributed by atoms with van der Waals surface area (Å²) in [5, 5.41) is 19.2. The van der Waals surface area contributed by atoms with Crippen molar-refractivity contribution >= 4 is 34.5 Å². The molecule has 0 bridgehead atoms. The number of alkyl halides is 3. The highest BCUT2D eigenvalue weighted by atomic mass is 19.4. The van der Waals surface area contributed by atoms with Gasteiger partial charge in [0.1, 0.15) is 0 Å². The average molecular weight is 554 g/mol. The fraction of sp³-hybridized carbons (Fsp3) is 0.357. The van der Waals surface area contributed by atoms with Gasteiger partial charge in [0.25, 0.3) is 5.91 Å². The van der Waals surface area contributed by atoms with Gasteiger partial charge in [0.15, 0.2) is 17.0 Å². The summed E-state index contributed by atoms with van der Waals surface area (Å²) in [6, 6.07) is 11.7. The normalized spacial score (nSPS) is 17.5. The van der Waals surface area contributed by atoms with Gasteiger partial charge in [0, 0.05) is 30.4 Å². The number of hydrogen-bond donors (Lipinski definition) is 4. The molecule has 0 spiro atoms. The number of benzene rings is 2. The summed E-state index contributed by atoms with van der Waals surface area (Å²) in [6.07, 6.45) is 0.132. The van der Waals surface area contributed by atoms with Crippen molar-refractivity contribution in [3.05, 3.63) is 71.5 Å². The third-order valence-electron chi connectivity index (χ3n) is 6.96. The summed E-state index contributed by atoms with van der Waals surface area (Å²) in [5.74, 6) is 0.573. The molecule has 1 aliphatic carbocycles. The number of imidazole rings is 1. The molecular weight excluding hydrogens is 523 g/mol. The maximum atomic E-state index is 12.8. The number of fused-ring (bicyclic) bond motifs is 1. The third kappa shape index (κ3) is 6.33. The van der Waals surface area contributed by atoms with Gasteiger partial charge >= 0.3 is 6.18 Å². The van der Waals surface area contributed by atoms with E-state index >= 15 is 0 Å². The predicted molar refractivity (Wildman–Crippen MR) is 145 cm³/mol. The Labute approximate surface area is 228 Å². The third-order valence-corrected chi connectivity index (χ3v) is 6.96. The van der Waals surface area contributed by atoms with E-state index in [9.17, 15) is 23.1 Å². The number of aromatic nitrogens is 4. The minimum Gasteiger partial charge on any atom is -0.393 e. The Kier molecular flexibility index (Phi) is 7.88. The number of nitrogens with zero attached hydrogens (tertiary/aromatic N) is 4. The summed E-state index contributed by atoms with van der Waals surface area (Å²) in [6.45, 7) is 2.76. The highest BCUT2D eigenvalue weighted by Crippen LogP contribution is 2.29. The number of aliphatic hydroxyl groups excluding tert-OH is 1. The Morgan fingerprint density at radius 1 is 1.07 bits per heavy atom. The molecule has 0 aliphatic heterocycles. The van der Waals surface area contributed by atoms with Gasteiger partial charge in [0.05, 0.1) is 18.0 Å². The molecule has 1 fully saturated rings. The Bertz CT molecular complexity index is 1480. The van der Waals surface area contributed by atoms with Crippen molar-refractivity contribution in [3.63, 3.8) is 0 Å². The van der Waals surface area contributed by atoms with Crippen molar-refractivity contribution in [2.24, 2.45) is 0 Å². The van der Waals surface area contributed by atoms with Crippen molar-refractivity contribution in [1.82, 2.24) is 24.8 Å². The molecule has 1 saturated carbocycles. The Hall–Kier alpha value is -4.19. The quantitative estimate of drug-likeness (QED) is 0.235. The number of anilines is 3. The first-order valence-electron chi connectivity index (χ1n) is 13.2. The molecule has 2 heterocycles. The predicted octanol–water partition coefficient (Wildman–Crippen LogP) is 5.25. The Balaban J connectivity index is 1.31. The second-order valence-electron chi connectivity index (χ2n) is 9.83. The van der Waals surface area contributed by atoms with Crippen LogP contribution in [0.4, 0.5) is 30.6 Å². The van der Waals surface area contributed by atoms with Gasteiger partial charge in [-0.1, -0.05) is 18.2 Å². The summed E-state index contributed by atoms with van der Waals surface area (Å²) >= 11 is 0. The molecule has 0 saturated heterocycles. The number of nitrogens with one attached hydrogen (secondary N) is 3. The maximum absolute atomic E-state index is 12.8. The van der Waals surface area contributed by atoms with E-state index in [1.54, 1.807) is 30.6 Å². The van der Waals surface area contributed by atoms with Gasteiger partial charge in [0.2, 0.25) is 5.95 Å². The fourth-order valence-corrected chi connectivity index (χ4v) is 4.70. The summed E-state index contributed by atoms with van der Waals surface area (Å²) in [5.41, 5.74) is 2.06. The topological polar surface area (TPSA) is 117 Å². The van der Waals surface area contributed by atoms with E-state index in [4.69, 9.17) is 0 Å². The van der Waals surface area contributed by atoms with E-state index in [-0.39, 0.29) is 24.6 Å². The van der Waals surface area contributed by atoms with Crippen LogP contribution in [-0.4, -0.2) is 42.7 Å². The summed E-state index contributed by atoms with van der Waals surface area (Å²) < 4.78 is 40.3. The fourth-order valence-electron chi connectivity index (χ4n) is 4.70. The van der Waals surface area contributed by atoms with E-state index in [2.05, 4.69) is 30.9 Å². The van der Waals surface area contributed by atoms with Crippen molar-refractivity contribution in [2.45, 2.75) is 64.0 Å². The minimum atomic E-state index is -4.41. The average Bonchev–Trinajstić information content (AvgIpc) is 3.36. The molecule has 0 atom stereocenters. The van der Waals surface area contributed by atoms with E-state index in [1.807, 2.05) is 11.5 Å². The van der Waals surface area contributed by atoms with E-state index in [1.165, 1.54) is 12.1 Å². The van der Waals surface area contributed by atoms with Crippen molar-refractivity contribution < 1.29 is 23.1 Å². The molecule has 0 unspecified atom stereocenters. The molecule has 4 aromatic rings. The van der Waals surface area contributed by atoms with Crippen LogP contribution >= 0.6 is 0 Å². The monoisotopic (exact) mass is 553 g/mol. The number of hydrogen-bond acceptors (Lipinski definition) is 7. The standard InChI is InChI=1S/C28H30F3N7O2/c1-2-38-16-33-23-24(36-27(37-25(23)38)35-20-10-12-22(39)13-11-20)34-21-5-3-4-18(14-21)26(40)32-15-17-6-8-19(9-7-17)28(29,30)31/h3-9,14,16,20,22,39H,2,10-13,15H2,1H3,(H,32,40)(H2,34,35,36,37). The molecule has 1 aliphatic rings. The first-order valence-corrected chi connectivity index (χ1v) is 13.2. The number of carbonyl (C=O) groups excluding carboxylic acids is 1. The second kappa shape index (κ2) is 11.5. The lowest BCUT2D eigenvalue weighted by molar-refractivity contribution is -0.137. The molecule has 2 aromatic heterocycles. The molecular formula is C28H30F3N7O2. The van der Waals surface area contributed by atoms with Crippen LogP contribution in [0.15, 0.2) is 54.9 Å². The van der Waals surface area contributed by atoms with Gasteiger partial charge in [-0.05, 0) is 68.5 Å². The number of amides is 1. The number of aryl methyl sites for hydroxylation is 1. The Morgan fingerprint density at radius 3 is 2.52 bits per heavy atom. The highest BCUT2D eigenvalue weighted by Gasteiger charge is 2.30. The number of halogens is 3. The van der Waals surface area contributed by atoms with Crippen LogP contribution in [0, 0.1) is 0 Å². The minimum absolute atomic E-state index is 0.0861. The van der Waals surface area contributed by atoms with Crippen LogP contribution in [0.5, 0.6) is 0 Å². The van der Waals surface area contributed by atoms with Crippen LogP contribution in [0.3, 0.4) is 0 Å². The molecule has 5 rings (SSSR count). The molecule has 40 heavy (non-hydrogen) atoms. The first-order chi connectivity index (χ1) is 19.2. The lowest BCUT2D eigenvalue weighted by Crippen LogP contribution is -2.29. The molecule has 2 aromatic carbocycles. The van der Waals surface area contributed by atoms with Gasteiger partial charge in [-0.3, -0.25) is 4.79 Å². The number of aliphatic hydroxyl groups is 1. The molecule has 0 radical (unpaired) electrons. The van der Waals surface area contributed by atoms with E-state index in [0.29, 0.717) is 46.3 Å². The largest absolute Gasteiger partial charge is 0.416 e. The molecule has 12 heteroatoms. The molecule has 1 amide bonds. The molecule has 9 nitrogen and oxygen atoms in total. The lowest BCUT2D eigenvalue weighted by atomic mass is 9.93. The van der Waals surface area contributed by atoms with Crippen molar-refractivity contribution in [2.75, 3.05) is 10.6 Å². The van der Waals surface area contributed by atoms with Crippen molar-refractivity contribution in [1.29, 1.82) is 0 Å². The molecule has 4 N–H and O–H groups in total. The summed E-state index contributed by atoms with van der Waals surface area (Å²) in [7, 11) is 0. The van der Waals surface area contributed by atoms with Crippen LogP contribution in [0.1, 0.15) is 54.1 Å². The zero-order valence-corrected chi connectivity index (χ0v) is 21.9. The smallest absolute Gasteiger partial charge is 0.393 e. The van der Waals surface area contributed by atoms with Gasteiger partial charge in [-0.2, -0.15) is 23.1 Å². The van der Waals surface area contributed by atoms with Crippen LogP contribution in [0.2, 0.25) is 0 Å². The lowest BCUT2D eigenvalue weighted by Gasteiger charge is -2.26. The summed E-state index contributed by atoms with van der Waals surface area (Å²) in [4.78, 5) is 26.7. The van der Waals surface area contributed by atoms with E-state index in [0.717, 1.165) is 37.8 Å². The number of carbonyl (C=O) groups is 1. The first kappa shape index (κ1) is 27.4. The van der Waals surface area contributed by atoms with Crippen LogP contribution < -0.4 is 16.0 Å². The SMILES string of the molecule is CCn1cnc2c(Nc3cccc(C(=O)NCc4ccc(C(F)(F)F)cc4)c3)nc(NC3CCC(O)CC3)nc21. The van der Waals surface area contributed by atoms with Crippen LogP contribution in [-0.2, 0) is 19.3 Å². The molecule has 210 valence electrons. The maximum Gasteiger partial charge on any atom is 0.416 e. The zero-order chi connectivity index (χ0) is 28.3. The second-order valence-corrected chi connectivity index (χ2v) is 9.83. The highest BCUT2D eigenvalue weighted by molar-refractivity contribution is 5.95. The van der Waals surface area contributed by atoms with Gasteiger partial charge in [-0.25, -0.2) is 4.98 Å². The Morgan fingerprint density at radius 2 is 1.82 bits per heavy atom. The van der Waals surface area contributed by atoms with Gasteiger partial charge < -0.3 is 25.6 Å². The zero-order valence-electron chi connectivity index (χ0n) is 21.9. The number of rotatable bonds is 8. The van der Waals surface area contributed by atoms with Crippen molar-refractivity contribution in [3.8, 4) is 0 Å². The van der Waals surface area contributed by atoms with E-state index < -0.39 is 11.7 Å². The van der Waals surface area contributed by atoms with Crippen LogP contribution in [0.25, 0.3) is 11.2 Å².